The number of halogens is 2. The van der Waals surface area contributed by atoms with Gasteiger partial charge in [0.2, 0.25) is 5.95 Å². The van der Waals surface area contributed by atoms with Crippen LogP contribution in [0, 0.1) is 11.8 Å². The number of nitrogens with zero attached hydrogens (tertiary/aromatic N) is 4. The van der Waals surface area contributed by atoms with E-state index in [0.29, 0.717) is 46.9 Å². The van der Waals surface area contributed by atoms with E-state index in [0.717, 1.165) is 13.1 Å². The van der Waals surface area contributed by atoms with E-state index in [9.17, 15) is 17.2 Å². The molecule has 3 saturated heterocycles. The second-order valence-corrected chi connectivity index (χ2v) is 12.0. The van der Waals surface area contributed by atoms with Crippen LogP contribution in [0.25, 0.3) is 10.9 Å². The summed E-state index contributed by atoms with van der Waals surface area (Å²) < 4.78 is 57.2. The molecule has 0 aliphatic carbocycles. The Bertz CT molecular complexity index is 1290. The Hall–Kier alpha value is -2.71. The molecule has 194 valence electrons. The third-order valence-corrected chi connectivity index (χ3v) is 8.85. The molecule has 11 heteroatoms. The summed E-state index contributed by atoms with van der Waals surface area (Å²) in [4.78, 5) is 13.4. The number of ether oxygens (including phenoxy) is 1. The second-order valence-electron chi connectivity index (χ2n) is 9.81. The van der Waals surface area contributed by atoms with E-state index < -0.39 is 15.8 Å². The van der Waals surface area contributed by atoms with Crippen molar-refractivity contribution in [2.24, 2.45) is 0 Å². The molecule has 4 heterocycles. The van der Waals surface area contributed by atoms with Gasteiger partial charge < -0.3 is 15.0 Å². The number of rotatable bonds is 5. The van der Waals surface area contributed by atoms with Crippen LogP contribution in [-0.4, -0.2) is 86.6 Å². The zero-order valence-corrected chi connectivity index (χ0v) is 21.2. The maximum atomic E-state index is 13.8. The van der Waals surface area contributed by atoms with Gasteiger partial charge in [0, 0.05) is 37.4 Å². The van der Waals surface area contributed by atoms with E-state index in [1.54, 1.807) is 12.0 Å². The van der Waals surface area contributed by atoms with E-state index in [1.807, 2.05) is 12.1 Å². The average molecular weight is 520 g/mol. The Labute approximate surface area is 210 Å². The number of anilines is 2. The van der Waals surface area contributed by atoms with Gasteiger partial charge in [-0.05, 0) is 44.5 Å². The molecular weight excluding hydrogens is 488 g/mol. The second kappa shape index (κ2) is 9.98. The first-order valence-corrected chi connectivity index (χ1v) is 14.2. The van der Waals surface area contributed by atoms with E-state index in [2.05, 4.69) is 27.0 Å². The SMILES string of the molecule is COc1cc2c(NC3CCS(=O)(=O)C3)nc(N3CCC(F)(F)CC3)nc2cc1C#CCN1CCCC1. The molecule has 0 saturated carbocycles. The lowest BCUT2D eigenvalue weighted by molar-refractivity contribution is -0.0222. The summed E-state index contributed by atoms with van der Waals surface area (Å²) in [6, 6.07) is 3.37. The molecule has 8 nitrogen and oxygen atoms in total. The summed E-state index contributed by atoms with van der Waals surface area (Å²) in [5, 5.41) is 3.96. The third-order valence-electron chi connectivity index (χ3n) is 7.08. The summed E-state index contributed by atoms with van der Waals surface area (Å²) in [6.45, 7) is 3.09. The first kappa shape index (κ1) is 25.0. The van der Waals surface area contributed by atoms with Gasteiger partial charge in [-0.3, -0.25) is 4.90 Å². The molecular formula is C25H31F2N5O3S. The number of fused-ring (bicyclic) bond motifs is 1. The highest BCUT2D eigenvalue weighted by atomic mass is 32.2. The Morgan fingerprint density at radius 3 is 2.58 bits per heavy atom. The highest BCUT2D eigenvalue weighted by Crippen LogP contribution is 2.34. The van der Waals surface area contributed by atoms with Gasteiger partial charge in [0.1, 0.15) is 11.6 Å². The highest BCUT2D eigenvalue weighted by Gasteiger charge is 2.35. The van der Waals surface area contributed by atoms with Crippen molar-refractivity contribution < 1.29 is 21.9 Å². The molecule has 1 aromatic heterocycles. The van der Waals surface area contributed by atoms with E-state index in [-0.39, 0.29) is 43.5 Å². The molecule has 5 rings (SSSR count). The lowest BCUT2D eigenvalue weighted by atomic mass is 10.1. The molecule has 3 fully saturated rings. The number of aromatic nitrogens is 2. The quantitative estimate of drug-likeness (QED) is 0.604. The Kier molecular flexibility index (Phi) is 6.92. The van der Waals surface area contributed by atoms with Crippen molar-refractivity contribution in [3.8, 4) is 17.6 Å². The topological polar surface area (TPSA) is 87.7 Å². The molecule has 0 amide bonds. The lowest BCUT2D eigenvalue weighted by Crippen LogP contribution is -2.40. The molecule has 3 aliphatic rings. The first-order chi connectivity index (χ1) is 17.2. The summed E-state index contributed by atoms with van der Waals surface area (Å²) in [5.41, 5.74) is 1.29. The van der Waals surface area contributed by atoms with Gasteiger partial charge in [0.05, 0.1) is 36.2 Å². The Morgan fingerprint density at radius 2 is 1.92 bits per heavy atom. The molecule has 0 spiro atoms. The van der Waals surface area contributed by atoms with Crippen molar-refractivity contribution in [1.82, 2.24) is 14.9 Å². The largest absolute Gasteiger partial charge is 0.495 e. The van der Waals surface area contributed by atoms with Gasteiger partial charge in [-0.1, -0.05) is 11.8 Å². The van der Waals surface area contributed by atoms with Crippen LogP contribution in [-0.2, 0) is 9.84 Å². The monoisotopic (exact) mass is 519 g/mol. The average Bonchev–Trinajstić information content (AvgIpc) is 3.47. The number of hydrogen-bond acceptors (Lipinski definition) is 8. The molecule has 1 aromatic carbocycles. The number of hydrogen-bond donors (Lipinski definition) is 1. The van der Waals surface area contributed by atoms with Crippen molar-refractivity contribution in [1.29, 1.82) is 0 Å². The number of methoxy groups -OCH3 is 1. The molecule has 3 aliphatic heterocycles. The maximum absolute atomic E-state index is 13.8. The van der Waals surface area contributed by atoms with Gasteiger partial charge in [-0.2, -0.15) is 4.98 Å². The van der Waals surface area contributed by atoms with Crippen LogP contribution in [0.15, 0.2) is 12.1 Å². The van der Waals surface area contributed by atoms with Gasteiger partial charge >= 0.3 is 0 Å². The van der Waals surface area contributed by atoms with Crippen LogP contribution in [0.3, 0.4) is 0 Å². The fourth-order valence-electron chi connectivity index (χ4n) is 4.98. The smallest absolute Gasteiger partial charge is 0.251 e. The molecule has 36 heavy (non-hydrogen) atoms. The Morgan fingerprint density at radius 1 is 1.17 bits per heavy atom. The summed E-state index contributed by atoms with van der Waals surface area (Å²) in [5.74, 6) is 5.31. The third kappa shape index (κ3) is 5.65. The van der Waals surface area contributed by atoms with Crippen molar-refractivity contribution >= 4 is 32.5 Å². The molecule has 1 unspecified atom stereocenters. The van der Waals surface area contributed by atoms with Gasteiger partial charge in [-0.15, -0.1) is 0 Å². The number of likely N-dealkylation sites (tertiary alicyclic amines) is 1. The Balaban J connectivity index is 1.51. The predicted octanol–water partition coefficient (Wildman–Crippen LogP) is 2.92. The van der Waals surface area contributed by atoms with Crippen molar-refractivity contribution in [2.45, 2.75) is 44.1 Å². The van der Waals surface area contributed by atoms with Crippen molar-refractivity contribution in [3.63, 3.8) is 0 Å². The number of benzene rings is 1. The minimum Gasteiger partial charge on any atom is -0.495 e. The standard InChI is InChI=1S/C25H31F2N5O3S/c1-35-22-16-20-21(15-18(22)5-4-11-31-9-2-3-10-31)29-24(32-12-7-25(26,27)8-13-32)30-23(20)28-19-6-14-36(33,34)17-19/h15-16,19H,2-3,6-14,17H2,1H3,(H,28,29,30). The molecule has 1 N–H and O–H groups in total. The number of nitrogens with one attached hydrogen (secondary N) is 1. The zero-order valence-electron chi connectivity index (χ0n) is 20.4. The van der Waals surface area contributed by atoms with Crippen LogP contribution in [0.2, 0.25) is 0 Å². The zero-order chi connectivity index (χ0) is 25.3. The fraction of sp³-hybridized carbons (Fsp3) is 0.600. The molecule has 0 radical (unpaired) electrons. The minimum atomic E-state index is -3.10. The summed E-state index contributed by atoms with van der Waals surface area (Å²) in [7, 11) is -1.52. The van der Waals surface area contributed by atoms with E-state index in [1.165, 1.54) is 12.8 Å². The summed E-state index contributed by atoms with van der Waals surface area (Å²) in [6.07, 6.45) is 2.36. The van der Waals surface area contributed by atoms with E-state index >= 15 is 0 Å². The molecule has 1 atom stereocenters. The summed E-state index contributed by atoms with van der Waals surface area (Å²) >= 11 is 0. The fourth-order valence-corrected chi connectivity index (χ4v) is 6.66. The number of sulfone groups is 1. The normalized spacial score (nSPS) is 23.4. The molecule has 0 bridgehead atoms. The molecule has 2 aromatic rings. The number of alkyl halides is 2. The van der Waals surface area contributed by atoms with Crippen LogP contribution in [0.1, 0.15) is 37.7 Å². The van der Waals surface area contributed by atoms with E-state index in [4.69, 9.17) is 9.72 Å². The number of piperidine rings is 1. The van der Waals surface area contributed by atoms with Gasteiger partial charge in [0.25, 0.3) is 5.92 Å². The van der Waals surface area contributed by atoms with Crippen molar-refractivity contribution in [2.75, 3.05) is 61.6 Å². The van der Waals surface area contributed by atoms with Crippen molar-refractivity contribution in [3.05, 3.63) is 17.7 Å². The highest BCUT2D eigenvalue weighted by molar-refractivity contribution is 7.91. The first-order valence-electron chi connectivity index (χ1n) is 12.4. The van der Waals surface area contributed by atoms with Crippen LogP contribution < -0.4 is 15.0 Å². The maximum Gasteiger partial charge on any atom is 0.251 e. The van der Waals surface area contributed by atoms with Crippen LogP contribution >= 0.6 is 0 Å². The van der Waals surface area contributed by atoms with Crippen LogP contribution in [0.5, 0.6) is 5.75 Å². The van der Waals surface area contributed by atoms with Crippen LogP contribution in [0.4, 0.5) is 20.5 Å². The minimum absolute atomic E-state index is 0.0287. The predicted molar refractivity (Wildman–Crippen MR) is 136 cm³/mol. The van der Waals surface area contributed by atoms with Gasteiger partial charge in [-0.25, -0.2) is 22.2 Å². The van der Waals surface area contributed by atoms with Gasteiger partial charge in [0.15, 0.2) is 9.84 Å². The lowest BCUT2D eigenvalue weighted by Gasteiger charge is -2.32.